The molecule has 0 aromatic carbocycles. The number of hydrogen-bond donors (Lipinski definition) is 0. The summed E-state index contributed by atoms with van der Waals surface area (Å²) in [5, 5.41) is 17.1. The Hall–Kier alpha value is -2.47. The maximum absolute atomic E-state index is 8.57. The standard InChI is InChI=1S/C11H6N4S/c1-8(9(6-12)14-2)4-5-11(16)10(7-13)15-3/h4-5,10H,1H3. The van der Waals surface area contributed by atoms with Gasteiger partial charge in [-0.25, -0.2) is 16.7 Å². The summed E-state index contributed by atoms with van der Waals surface area (Å²) in [6, 6.07) is 2.49. The van der Waals surface area contributed by atoms with E-state index in [1.54, 1.807) is 19.1 Å². The first-order chi connectivity index (χ1) is 7.60. The fourth-order valence-electron chi connectivity index (χ4n) is 0.735. The summed E-state index contributed by atoms with van der Waals surface area (Å²) in [5.41, 5.74) is 0.428. The first-order valence-corrected chi connectivity index (χ1v) is 4.48. The first kappa shape index (κ1) is 13.5. The topological polar surface area (TPSA) is 56.3 Å². The normalized spacial score (nSPS) is 12.6. The van der Waals surface area contributed by atoms with E-state index in [-0.39, 0.29) is 10.6 Å². The molecule has 1 atom stereocenters. The Balaban J connectivity index is 4.94. The molecule has 0 rings (SSSR count). The molecule has 0 aliphatic rings. The lowest BCUT2D eigenvalue weighted by molar-refractivity contribution is 1.31. The molecule has 0 spiro atoms. The van der Waals surface area contributed by atoms with Crippen LogP contribution < -0.4 is 0 Å². The molecule has 5 heteroatoms. The summed E-state index contributed by atoms with van der Waals surface area (Å²) in [6.07, 6.45) is 2.87. The average Bonchev–Trinajstić information content (AvgIpc) is 2.29. The molecule has 0 amide bonds. The van der Waals surface area contributed by atoms with Gasteiger partial charge in [-0.1, -0.05) is 18.3 Å². The van der Waals surface area contributed by atoms with Gasteiger partial charge in [0.2, 0.25) is 0 Å². The van der Waals surface area contributed by atoms with Crippen molar-refractivity contribution in [3.05, 3.63) is 46.3 Å². The minimum Gasteiger partial charge on any atom is -0.291 e. The summed E-state index contributed by atoms with van der Waals surface area (Å²) in [6.45, 7) is 15.0. The van der Waals surface area contributed by atoms with E-state index in [9.17, 15) is 0 Å². The zero-order valence-electron chi connectivity index (χ0n) is 8.43. The van der Waals surface area contributed by atoms with Gasteiger partial charge in [-0.2, -0.15) is 5.26 Å². The predicted molar refractivity (Wildman–Crippen MR) is 62.7 cm³/mol. The highest BCUT2D eigenvalue weighted by Crippen LogP contribution is 2.07. The Morgan fingerprint density at radius 1 is 1.38 bits per heavy atom. The van der Waals surface area contributed by atoms with Crippen molar-refractivity contribution in [3.8, 4) is 12.1 Å². The number of nitrogens with zero attached hydrogens (tertiary/aromatic N) is 4. The molecule has 4 nitrogen and oxygen atoms in total. The van der Waals surface area contributed by atoms with Crippen molar-refractivity contribution in [2.45, 2.75) is 13.0 Å². The molecular formula is C11H6N4S. The van der Waals surface area contributed by atoms with Crippen LogP contribution in [-0.4, -0.2) is 10.9 Å². The minimum absolute atomic E-state index is 0.0321. The van der Waals surface area contributed by atoms with Crippen molar-refractivity contribution in [1.82, 2.24) is 0 Å². The molecule has 0 heterocycles. The molecule has 0 fully saturated rings. The summed E-state index contributed by atoms with van der Waals surface area (Å²) in [4.78, 5) is 6.22. The highest BCUT2D eigenvalue weighted by Gasteiger charge is 2.14. The summed E-state index contributed by atoms with van der Waals surface area (Å²) >= 11 is 4.85. The molecule has 0 aliphatic heterocycles. The molecular weight excluding hydrogens is 220 g/mol. The molecule has 0 saturated heterocycles. The second kappa shape index (κ2) is 6.91. The van der Waals surface area contributed by atoms with Crippen LogP contribution >= 0.6 is 12.2 Å². The van der Waals surface area contributed by atoms with Crippen molar-refractivity contribution >= 4 is 17.1 Å². The van der Waals surface area contributed by atoms with Gasteiger partial charge in [0.25, 0.3) is 5.70 Å². The molecule has 0 saturated carbocycles. The van der Waals surface area contributed by atoms with Gasteiger partial charge in [-0.15, -0.1) is 0 Å². The fourth-order valence-corrected chi connectivity index (χ4v) is 0.908. The number of thiocarbonyl (C=S) groups is 1. The SMILES string of the molecule is [C-]#[N+]C(C#N)=C(C)C=CC(=S)C(C#N)[N+]#[C-]. The summed E-state index contributed by atoms with van der Waals surface area (Å²) in [5.74, 6) is 0. The Morgan fingerprint density at radius 2 is 2.00 bits per heavy atom. The van der Waals surface area contributed by atoms with E-state index in [2.05, 4.69) is 9.69 Å². The second-order valence-electron chi connectivity index (χ2n) is 2.65. The quantitative estimate of drug-likeness (QED) is 0.244. The van der Waals surface area contributed by atoms with E-state index in [0.29, 0.717) is 5.57 Å². The Bertz CT molecular complexity index is 484. The monoisotopic (exact) mass is 226 g/mol. The number of allylic oxidation sites excluding steroid dienone is 3. The molecule has 0 aliphatic carbocycles. The first-order valence-electron chi connectivity index (χ1n) is 4.07. The van der Waals surface area contributed by atoms with Gasteiger partial charge in [0.05, 0.1) is 12.6 Å². The lowest BCUT2D eigenvalue weighted by atomic mass is 10.1. The van der Waals surface area contributed by atoms with Gasteiger partial charge in [-0.3, -0.25) is 4.85 Å². The number of rotatable bonds is 3. The zero-order chi connectivity index (χ0) is 12.6. The maximum atomic E-state index is 8.57. The molecule has 0 aromatic heterocycles. The largest absolute Gasteiger partial charge is 0.342 e. The van der Waals surface area contributed by atoms with E-state index >= 15 is 0 Å². The van der Waals surface area contributed by atoms with E-state index in [1.807, 2.05) is 0 Å². The molecule has 0 bridgehead atoms. The van der Waals surface area contributed by atoms with E-state index in [1.165, 1.54) is 12.2 Å². The van der Waals surface area contributed by atoms with Crippen LogP contribution in [0.4, 0.5) is 0 Å². The number of nitriles is 2. The third-order valence-corrected chi connectivity index (χ3v) is 1.97. The van der Waals surface area contributed by atoms with Crippen LogP contribution in [0.1, 0.15) is 6.92 Å². The van der Waals surface area contributed by atoms with E-state index in [4.69, 9.17) is 35.9 Å². The maximum Gasteiger partial charge on any atom is 0.342 e. The molecule has 0 aromatic rings. The van der Waals surface area contributed by atoms with Gasteiger partial charge < -0.3 is 0 Å². The lowest BCUT2D eigenvalue weighted by Crippen LogP contribution is -2.08. The Labute approximate surface area is 99.4 Å². The zero-order valence-corrected chi connectivity index (χ0v) is 9.25. The average molecular weight is 226 g/mol. The van der Waals surface area contributed by atoms with Gasteiger partial charge in [0.15, 0.2) is 6.07 Å². The van der Waals surface area contributed by atoms with E-state index in [0.717, 1.165) is 0 Å². The molecule has 16 heavy (non-hydrogen) atoms. The highest BCUT2D eigenvalue weighted by molar-refractivity contribution is 7.81. The Kier molecular flexibility index (Phi) is 5.84. The van der Waals surface area contributed by atoms with Crippen LogP contribution in [0.5, 0.6) is 0 Å². The van der Waals surface area contributed by atoms with Gasteiger partial charge in [-0.05, 0) is 18.6 Å². The third-order valence-electron chi connectivity index (χ3n) is 1.61. The van der Waals surface area contributed by atoms with Crippen molar-refractivity contribution in [2.24, 2.45) is 0 Å². The smallest absolute Gasteiger partial charge is 0.291 e. The van der Waals surface area contributed by atoms with E-state index < -0.39 is 6.04 Å². The van der Waals surface area contributed by atoms with Crippen molar-refractivity contribution in [2.75, 3.05) is 0 Å². The fraction of sp³-hybridized carbons (Fsp3) is 0.182. The summed E-state index contributed by atoms with van der Waals surface area (Å²) in [7, 11) is 0. The number of hydrogen-bond acceptors (Lipinski definition) is 3. The molecule has 0 N–H and O–H groups in total. The van der Waals surface area contributed by atoms with Crippen molar-refractivity contribution in [3.63, 3.8) is 0 Å². The van der Waals surface area contributed by atoms with Crippen LogP contribution in [0, 0.1) is 35.8 Å². The Morgan fingerprint density at radius 3 is 2.38 bits per heavy atom. The van der Waals surface area contributed by atoms with Crippen LogP contribution in [0.25, 0.3) is 9.69 Å². The van der Waals surface area contributed by atoms with Gasteiger partial charge in [0, 0.05) is 0 Å². The summed E-state index contributed by atoms with van der Waals surface area (Å²) < 4.78 is 0. The third kappa shape index (κ3) is 3.72. The van der Waals surface area contributed by atoms with Crippen LogP contribution in [-0.2, 0) is 0 Å². The van der Waals surface area contributed by atoms with Crippen molar-refractivity contribution < 1.29 is 0 Å². The minimum atomic E-state index is -0.988. The molecule has 0 radical (unpaired) electrons. The lowest BCUT2D eigenvalue weighted by Gasteiger charge is -1.93. The second-order valence-corrected chi connectivity index (χ2v) is 3.12. The highest BCUT2D eigenvalue weighted by atomic mass is 32.1. The molecule has 1 unspecified atom stereocenters. The molecule has 76 valence electrons. The predicted octanol–water partition coefficient (Wildman–Crippen LogP) is 2.44. The van der Waals surface area contributed by atoms with Crippen molar-refractivity contribution in [1.29, 1.82) is 10.5 Å². The van der Waals surface area contributed by atoms with Crippen LogP contribution in [0.15, 0.2) is 23.4 Å². The van der Waals surface area contributed by atoms with Gasteiger partial charge >= 0.3 is 6.04 Å². The van der Waals surface area contributed by atoms with Gasteiger partial charge in [0.1, 0.15) is 4.86 Å². The van der Waals surface area contributed by atoms with Crippen LogP contribution in [0.3, 0.4) is 0 Å². The van der Waals surface area contributed by atoms with Crippen LogP contribution in [0.2, 0.25) is 0 Å².